The number of aromatic nitrogens is 3. The van der Waals surface area contributed by atoms with Crippen LogP contribution in [-0.4, -0.2) is 51.9 Å². The van der Waals surface area contributed by atoms with Gasteiger partial charge in [-0.15, -0.1) is 0 Å². The lowest BCUT2D eigenvalue weighted by atomic mass is 9.98. The number of primary amides is 1. The van der Waals surface area contributed by atoms with E-state index in [4.69, 9.17) is 10.7 Å². The number of rotatable bonds is 5. The molecule has 33 heavy (non-hydrogen) atoms. The van der Waals surface area contributed by atoms with Crippen molar-refractivity contribution in [2.45, 2.75) is 18.9 Å². The Morgan fingerprint density at radius 2 is 1.79 bits per heavy atom. The largest absolute Gasteiger partial charge is 0.366 e. The van der Waals surface area contributed by atoms with Gasteiger partial charge < -0.3 is 20.1 Å². The number of anilines is 1. The molecule has 2 amide bonds. The first-order valence-corrected chi connectivity index (χ1v) is 10.7. The van der Waals surface area contributed by atoms with Crippen molar-refractivity contribution in [3.63, 3.8) is 0 Å². The second kappa shape index (κ2) is 8.85. The van der Waals surface area contributed by atoms with Crippen LogP contribution in [0, 0.1) is 0 Å². The highest BCUT2D eigenvalue weighted by Crippen LogP contribution is 2.38. The maximum atomic E-state index is 13.4. The van der Waals surface area contributed by atoms with Crippen molar-refractivity contribution in [2.24, 2.45) is 12.8 Å². The molecule has 170 valence electrons. The molecule has 3 heterocycles. The number of aryl methyl sites for hydroxylation is 1. The van der Waals surface area contributed by atoms with Crippen LogP contribution in [0.25, 0.3) is 11.1 Å². The molecule has 9 heteroatoms. The number of amides is 2. The first-order chi connectivity index (χ1) is 15.8. The predicted octanol–water partition coefficient (Wildman–Crippen LogP) is 1.98. The van der Waals surface area contributed by atoms with Gasteiger partial charge in [-0.05, 0) is 36.6 Å². The third kappa shape index (κ3) is 4.34. The highest BCUT2D eigenvalue weighted by molar-refractivity contribution is 5.95. The van der Waals surface area contributed by atoms with Crippen LogP contribution in [0.2, 0.25) is 0 Å². The van der Waals surface area contributed by atoms with E-state index in [2.05, 4.69) is 4.98 Å². The van der Waals surface area contributed by atoms with E-state index in [0.29, 0.717) is 23.6 Å². The monoisotopic (exact) mass is 446 g/mol. The van der Waals surface area contributed by atoms with Gasteiger partial charge in [0.05, 0.1) is 17.3 Å². The Labute approximate surface area is 191 Å². The Hall–Kier alpha value is -4.01. The van der Waals surface area contributed by atoms with Gasteiger partial charge in [0, 0.05) is 57.3 Å². The quantitative estimate of drug-likeness (QED) is 0.641. The average molecular weight is 447 g/mol. The van der Waals surface area contributed by atoms with E-state index >= 15 is 0 Å². The molecule has 3 aromatic rings. The van der Waals surface area contributed by atoms with Crippen LogP contribution >= 0.6 is 0 Å². The number of benzene rings is 1. The second-order valence-corrected chi connectivity index (χ2v) is 8.33. The van der Waals surface area contributed by atoms with Gasteiger partial charge in [-0.1, -0.05) is 12.1 Å². The normalized spacial score (nSPS) is 15.5. The molecule has 1 atom stereocenters. The fraction of sp³-hybridized carbons (Fsp3) is 0.292. The molecule has 0 unspecified atom stereocenters. The number of nitrogens with two attached hydrogens (primary N) is 1. The molecule has 0 aliphatic carbocycles. The minimum Gasteiger partial charge on any atom is -0.366 e. The van der Waals surface area contributed by atoms with E-state index in [1.807, 2.05) is 36.0 Å². The standard InChI is InChI=1S/C24H26N6O3/c1-28(2)24-26-13-18(15-6-8-16(9-7-15)22(25)32)21(27-24)19-5-4-12-30(19)23(33)17-10-11-20(31)29(3)14-17/h6-11,13-14,19H,4-5,12H2,1-3H3,(H2,25,32)/t19-/m0/s1. The molecule has 0 bridgehead atoms. The molecule has 4 rings (SSSR count). The van der Waals surface area contributed by atoms with E-state index in [9.17, 15) is 14.4 Å². The molecular formula is C24H26N6O3. The van der Waals surface area contributed by atoms with Gasteiger partial charge in [-0.25, -0.2) is 9.97 Å². The number of pyridine rings is 1. The molecule has 0 saturated carbocycles. The summed E-state index contributed by atoms with van der Waals surface area (Å²) in [7, 11) is 5.35. The van der Waals surface area contributed by atoms with Gasteiger partial charge >= 0.3 is 0 Å². The highest BCUT2D eigenvalue weighted by Gasteiger charge is 2.34. The SMILES string of the molecule is CN(C)c1ncc(-c2ccc(C(N)=O)cc2)c([C@@H]2CCCN2C(=O)c2ccc(=O)n(C)c2)n1. The second-order valence-electron chi connectivity index (χ2n) is 8.33. The highest BCUT2D eigenvalue weighted by atomic mass is 16.2. The van der Waals surface area contributed by atoms with Gasteiger partial charge in [-0.3, -0.25) is 14.4 Å². The summed E-state index contributed by atoms with van der Waals surface area (Å²) in [5.74, 6) is -0.0946. The Bertz CT molecular complexity index is 1270. The third-order valence-electron chi connectivity index (χ3n) is 5.85. The maximum absolute atomic E-state index is 13.4. The van der Waals surface area contributed by atoms with Crippen LogP contribution in [0.3, 0.4) is 0 Å². The molecule has 1 aliphatic heterocycles. The average Bonchev–Trinajstić information content (AvgIpc) is 3.30. The smallest absolute Gasteiger partial charge is 0.255 e. The summed E-state index contributed by atoms with van der Waals surface area (Å²) in [6, 6.07) is 9.68. The van der Waals surface area contributed by atoms with E-state index in [1.165, 1.54) is 10.6 Å². The maximum Gasteiger partial charge on any atom is 0.255 e. The molecule has 1 saturated heterocycles. The fourth-order valence-electron chi connectivity index (χ4n) is 4.07. The van der Waals surface area contributed by atoms with E-state index in [1.54, 1.807) is 37.6 Å². The van der Waals surface area contributed by atoms with Crippen molar-refractivity contribution in [3.05, 3.63) is 76.0 Å². The summed E-state index contributed by atoms with van der Waals surface area (Å²) in [5, 5.41) is 0. The zero-order chi connectivity index (χ0) is 23.7. The Kier molecular flexibility index (Phi) is 5.95. The minimum atomic E-state index is -0.495. The molecular weight excluding hydrogens is 420 g/mol. The van der Waals surface area contributed by atoms with E-state index < -0.39 is 5.91 Å². The summed E-state index contributed by atoms with van der Waals surface area (Å²) in [6.07, 6.45) is 4.91. The number of hydrogen-bond acceptors (Lipinski definition) is 6. The predicted molar refractivity (Wildman–Crippen MR) is 125 cm³/mol. The summed E-state index contributed by atoms with van der Waals surface area (Å²) in [6.45, 7) is 0.591. The van der Waals surface area contributed by atoms with Crippen molar-refractivity contribution in [1.82, 2.24) is 19.4 Å². The summed E-state index contributed by atoms with van der Waals surface area (Å²) >= 11 is 0. The number of hydrogen-bond donors (Lipinski definition) is 1. The van der Waals surface area contributed by atoms with Gasteiger partial charge in [0.1, 0.15) is 0 Å². The van der Waals surface area contributed by atoms with Gasteiger partial charge in [-0.2, -0.15) is 0 Å². The van der Waals surface area contributed by atoms with Crippen LogP contribution < -0.4 is 16.2 Å². The van der Waals surface area contributed by atoms with Crippen LogP contribution in [0.1, 0.15) is 45.3 Å². The summed E-state index contributed by atoms with van der Waals surface area (Å²) in [5.41, 5.74) is 8.46. The molecule has 0 spiro atoms. The van der Waals surface area contributed by atoms with Crippen LogP contribution in [0.5, 0.6) is 0 Å². The Morgan fingerprint density at radius 3 is 2.42 bits per heavy atom. The van der Waals surface area contributed by atoms with Crippen LogP contribution in [0.15, 0.2) is 53.6 Å². The minimum absolute atomic E-state index is 0.145. The number of nitrogens with zero attached hydrogens (tertiary/aromatic N) is 5. The zero-order valence-corrected chi connectivity index (χ0v) is 18.9. The van der Waals surface area contributed by atoms with Gasteiger partial charge in [0.15, 0.2) is 0 Å². The first kappa shape index (κ1) is 22.2. The molecule has 1 aromatic carbocycles. The Morgan fingerprint density at radius 1 is 1.09 bits per heavy atom. The molecule has 9 nitrogen and oxygen atoms in total. The van der Waals surface area contributed by atoms with Crippen molar-refractivity contribution < 1.29 is 9.59 Å². The molecule has 1 fully saturated rings. The topological polar surface area (TPSA) is 114 Å². The summed E-state index contributed by atoms with van der Waals surface area (Å²) < 4.78 is 1.40. The lowest BCUT2D eigenvalue weighted by Crippen LogP contribution is -2.32. The first-order valence-electron chi connectivity index (χ1n) is 10.7. The number of likely N-dealkylation sites (tertiary alicyclic amines) is 1. The van der Waals surface area contributed by atoms with Crippen molar-refractivity contribution >= 4 is 17.8 Å². The lowest BCUT2D eigenvalue weighted by molar-refractivity contribution is 0.0732. The molecule has 1 aliphatic rings. The summed E-state index contributed by atoms with van der Waals surface area (Å²) in [4.78, 5) is 49.5. The molecule has 2 N–H and O–H groups in total. The zero-order valence-electron chi connectivity index (χ0n) is 18.9. The van der Waals surface area contributed by atoms with Crippen molar-refractivity contribution in [1.29, 1.82) is 0 Å². The van der Waals surface area contributed by atoms with Gasteiger partial charge in [0.25, 0.3) is 5.91 Å². The van der Waals surface area contributed by atoms with E-state index in [0.717, 1.165) is 29.7 Å². The third-order valence-corrected chi connectivity index (χ3v) is 5.85. The van der Waals surface area contributed by atoms with Crippen molar-refractivity contribution in [3.8, 4) is 11.1 Å². The van der Waals surface area contributed by atoms with Crippen LogP contribution in [-0.2, 0) is 7.05 Å². The molecule has 0 radical (unpaired) electrons. The number of carbonyl (C=O) groups is 2. The lowest BCUT2D eigenvalue weighted by Gasteiger charge is -2.27. The molecule has 2 aromatic heterocycles. The van der Waals surface area contributed by atoms with Gasteiger partial charge in [0.2, 0.25) is 17.4 Å². The fourth-order valence-corrected chi connectivity index (χ4v) is 4.07. The van der Waals surface area contributed by atoms with E-state index in [-0.39, 0.29) is 17.5 Å². The van der Waals surface area contributed by atoms with Crippen LogP contribution in [0.4, 0.5) is 5.95 Å². The Balaban J connectivity index is 1.77. The van der Waals surface area contributed by atoms with Crippen molar-refractivity contribution in [2.75, 3.05) is 25.5 Å². The number of carbonyl (C=O) groups excluding carboxylic acids is 2.